The van der Waals surface area contributed by atoms with Crippen LogP contribution in [0, 0.1) is 0 Å². The minimum Gasteiger partial charge on any atom is -0.382 e. The molecule has 0 aliphatic carbocycles. The van der Waals surface area contributed by atoms with Crippen LogP contribution in [0.2, 0.25) is 0 Å². The quantitative estimate of drug-likeness (QED) is 0.0760. The fourth-order valence-corrected chi connectivity index (χ4v) is 5.86. The van der Waals surface area contributed by atoms with E-state index in [-0.39, 0.29) is 30.3 Å². The first-order chi connectivity index (χ1) is 27.6. The Morgan fingerprint density at radius 1 is 0.607 bits per heavy atom. The van der Waals surface area contributed by atoms with E-state index in [4.69, 9.17) is 52.1 Å². The van der Waals surface area contributed by atoms with E-state index in [1.807, 2.05) is 0 Å². The molecule has 3 aliphatic rings. The highest BCUT2D eigenvalue weighted by molar-refractivity contribution is 6.25. The Labute approximate surface area is 328 Å². The van der Waals surface area contributed by atoms with Gasteiger partial charge < -0.3 is 57.4 Å². The van der Waals surface area contributed by atoms with Crippen molar-refractivity contribution in [3.05, 3.63) is 29.3 Å². The maximum absolute atomic E-state index is 13.2. The van der Waals surface area contributed by atoms with E-state index in [0.717, 1.165) is 30.8 Å². The van der Waals surface area contributed by atoms with Gasteiger partial charge in [0.25, 0.3) is 11.8 Å². The molecule has 0 saturated carbocycles. The summed E-state index contributed by atoms with van der Waals surface area (Å²) in [4.78, 5) is 50.9. The van der Waals surface area contributed by atoms with Crippen molar-refractivity contribution in [3.8, 4) is 0 Å². The SMILES string of the molecule is O=C1CCC(N2C(=O)c3cccc(NCCOCCOCCOCCOCCOCCOCCOCCOCCOCCOC4CCCCO4)c3C2=O)C(=O)N1. The molecular formula is C38H59N3O15. The summed E-state index contributed by atoms with van der Waals surface area (Å²) in [7, 11) is 0. The van der Waals surface area contributed by atoms with Crippen molar-refractivity contribution < 1.29 is 71.3 Å². The van der Waals surface area contributed by atoms with Crippen LogP contribution in [-0.2, 0) is 61.7 Å². The van der Waals surface area contributed by atoms with Gasteiger partial charge in [0.1, 0.15) is 6.04 Å². The van der Waals surface area contributed by atoms with Crippen molar-refractivity contribution in [2.75, 3.05) is 144 Å². The standard InChI is InChI=1S/C38H59N3O15/c42-33-8-7-32(36(43)40-33)41-37(44)30-4-3-5-31(35(30)38(41)45)39-9-11-46-12-13-47-14-15-48-16-17-49-18-19-50-20-21-51-22-23-52-24-25-53-26-27-54-28-29-56-34-6-1-2-10-55-34/h3-5,32,34,39H,1-2,6-29H2,(H,40,42,43). The van der Waals surface area contributed by atoms with Gasteiger partial charge in [-0.1, -0.05) is 6.07 Å². The lowest BCUT2D eigenvalue weighted by Crippen LogP contribution is -2.54. The molecule has 18 nitrogen and oxygen atoms in total. The molecule has 1 aromatic carbocycles. The average molecular weight is 798 g/mol. The van der Waals surface area contributed by atoms with Crippen LogP contribution in [0.1, 0.15) is 52.8 Å². The highest BCUT2D eigenvalue weighted by atomic mass is 16.7. The zero-order valence-electron chi connectivity index (χ0n) is 32.3. The van der Waals surface area contributed by atoms with Gasteiger partial charge in [-0.3, -0.25) is 29.4 Å². The number of anilines is 1. The predicted octanol–water partition coefficient (Wildman–Crippen LogP) is 1.19. The molecule has 2 unspecified atom stereocenters. The number of fused-ring (bicyclic) bond motifs is 1. The molecule has 0 spiro atoms. The summed E-state index contributed by atoms with van der Waals surface area (Å²) in [5, 5.41) is 5.33. The fourth-order valence-electron chi connectivity index (χ4n) is 5.86. The number of benzene rings is 1. The molecule has 3 heterocycles. The van der Waals surface area contributed by atoms with Crippen molar-refractivity contribution in [1.29, 1.82) is 0 Å². The predicted molar refractivity (Wildman–Crippen MR) is 199 cm³/mol. The third kappa shape index (κ3) is 17.2. The number of hydrogen-bond donors (Lipinski definition) is 2. The van der Waals surface area contributed by atoms with Crippen LogP contribution in [0.25, 0.3) is 0 Å². The van der Waals surface area contributed by atoms with E-state index >= 15 is 0 Å². The lowest BCUT2D eigenvalue weighted by atomic mass is 10.0. The molecule has 4 amide bonds. The molecule has 0 bridgehead atoms. The van der Waals surface area contributed by atoms with Gasteiger partial charge in [-0.2, -0.15) is 0 Å². The minimum absolute atomic E-state index is 0.0661. The maximum atomic E-state index is 13.2. The summed E-state index contributed by atoms with van der Waals surface area (Å²) in [6, 6.07) is 3.91. The summed E-state index contributed by atoms with van der Waals surface area (Å²) in [6.45, 7) is 9.98. The van der Waals surface area contributed by atoms with E-state index < -0.39 is 29.7 Å². The molecule has 56 heavy (non-hydrogen) atoms. The second kappa shape index (κ2) is 28.3. The number of hydrogen-bond acceptors (Lipinski definition) is 16. The lowest BCUT2D eigenvalue weighted by Gasteiger charge is -2.27. The van der Waals surface area contributed by atoms with Crippen molar-refractivity contribution in [2.24, 2.45) is 0 Å². The van der Waals surface area contributed by atoms with Gasteiger partial charge in [-0.05, 0) is 37.8 Å². The van der Waals surface area contributed by atoms with Crippen LogP contribution in [0.4, 0.5) is 5.69 Å². The van der Waals surface area contributed by atoms with Crippen molar-refractivity contribution in [3.63, 3.8) is 0 Å². The third-order valence-corrected chi connectivity index (χ3v) is 8.68. The first-order valence-corrected chi connectivity index (χ1v) is 19.6. The zero-order chi connectivity index (χ0) is 39.5. The van der Waals surface area contributed by atoms with E-state index in [1.54, 1.807) is 18.2 Å². The largest absolute Gasteiger partial charge is 0.382 e. The van der Waals surface area contributed by atoms with Gasteiger partial charge in [0.15, 0.2) is 6.29 Å². The monoisotopic (exact) mass is 797 g/mol. The lowest BCUT2D eigenvalue weighted by molar-refractivity contribution is -0.169. The Bertz CT molecular complexity index is 1300. The van der Waals surface area contributed by atoms with E-state index in [0.29, 0.717) is 138 Å². The molecule has 2 atom stereocenters. The third-order valence-electron chi connectivity index (χ3n) is 8.68. The summed E-state index contributed by atoms with van der Waals surface area (Å²) in [5.41, 5.74) is 0.909. The second-order valence-electron chi connectivity index (χ2n) is 12.8. The molecule has 0 radical (unpaired) electrons. The van der Waals surface area contributed by atoms with Crippen molar-refractivity contribution in [1.82, 2.24) is 10.2 Å². The molecular weight excluding hydrogens is 738 g/mol. The summed E-state index contributed by atoms with van der Waals surface area (Å²) in [6.07, 6.45) is 3.31. The van der Waals surface area contributed by atoms with E-state index in [2.05, 4.69) is 10.6 Å². The van der Waals surface area contributed by atoms with Crippen LogP contribution in [0.15, 0.2) is 18.2 Å². The van der Waals surface area contributed by atoms with Crippen LogP contribution >= 0.6 is 0 Å². The maximum Gasteiger partial charge on any atom is 0.264 e. The van der Waals surface area contributed by atoms with Crippen molar-refractivity contribution in [2.45, 2.75) is 44.4 Å². The fraction of sp³-hybridized carbons (Fsp3) is 0.737. The van der Waals surface area contributed by atoms with Crippen LogP contribution in [0.5, 0.6) is 0 Å². The number of imide groups is 2. The first kappa shape index (κ1) is 45.6. The normalized spacial score (nSPS) is 18.5. The average Bonchev–Trinajstić information content (AvgIpc) is 3.46. The number of amides is 4. The van der Waals surface area contributed by atoms with Gasteiger partial charge >= 0.3 is 0 Å². The summed E-state index contributed by atoms with van der Waals surface area (Å²) >= 11 is 0. The molecule has 2 fully saturated rings. The smallest absolute Gasteiger partial charge is 0.264 e. The molecule has 3 aliphatic heterocycles. The Morgan fingerprint density at radius 2 is 1.11 bits per heavy atom. The van der Waals surface area contributed by atoms with Crippen LogP contribution in [0.3, 0.4) is 0 Å². The number of nitrogens with one attached hydrogen (secondary N) is 2. The van der Waals surface area contributed by atoms with E-state index in [9.17, 15) is 19.2 Å². The van der Waals surface area contributed by atoms with Gasteiger partial charge in [0.2, 0.25) is 11.8 Å². The molecule has 2 saturated heterocycles. The number of piperidine rings is 1. The number of rotatable bonds is 33. The number of nitrogens with zero attached hydrogens (tertiary/aromatic N) is 1. The molecule has 316 valence electrons. The summed E-state index contributed by atoms with van der Waals surface area (Å²) < 4.78 is 60.7. The number of carbonyl (C=O) groups excluding carboxylic acids is 4. The highest BCUT2D eigenvalue weighted by Crippen LogP contribution is 2.32. The first-order valence-electron chi connectivity index (χ1n) is 19.6. The highest BCUT2D eigenvalue weighted by Gasteiger charge is 2.45. The summed E-state index contributed by atoms with van der Waals surface area (Å²) in [5.74, 6) is -2.17. The van der Waals surface area contributed by atoms with Gasteiger partial charge in [0.05, 0.1) is 137 Å². The Morgan fingerprint density at radius 3 is 1.59 bits per heavy atom. The molecule has 2 N–H and O–H groups in total. The Kier molecular flexibility index (Phi) is 23.0. The zero-order valence-corrected chi connectivity index (χ0v) is 32.3. The van der Waals surface area contributed by atoms with Crippen LogP contribution < -0.4 is 10.6 Å². The number of carbonyl (C=O) groups is 4. The number of ether oxygens (including phenoxy) is 11. The second-order valence-corrected chi connectivity index (χ2v) is 12.8. The van der Waals surface area contributed by atoms with Gasteiger partial charge in [0, 0.05) is 25.3 Å². The Balaban J connectivity index is 0.832. The molecule has 0 aromatic heterocycles. The van der Waals surface area contributed by atoms with Gasteiger partial charge in [-0.15, -0.1) is 0 Å². The molecule has 18 heteroatoms. The minimum atomic E-state index is -1.01. The van der Waals surface area contributed by atoms with Gasteiger partial charge in [-0.25, -0.2) is 0 Å². The van der Waals surface area contributed by atoms with Crippen LogP contribution in [-0.4, -0.2) is 180 Å². The molecule has 4 rings (SSSR count). The van der Waals surface area contributed by atoms with Crippen molar-refractivity contribution >= 4 is 29.3 Å². The topological polar surface area (TPSA) is 197 Å². The Hall–Kier alpha value is -3.14. The molecule has 1 aromatic rings. The van der Waals surface area contributed by atoms with E-state index in [1.165, 1.54) is 0 Å².